The topological polar surface area (TPSA) is 119 Å². The molecule has 1 aliphatic rings. The number of esters is 1. The second-order valence-electron chi connectivity index (χ2n) is 7.92. The van der Waals surface area contributed by atoms with Crippen molar-refractivity contribution in [2.75, 3.05) is 32.5 Å². The number of piperidine rings is 1. The summed E-state index contributed by atoms with van der Waals surface area (Å²) in [6, 6.07) is 9.21. The average Bonchev–Trinajstić information content (AvgIpc) is 3.13. The van der Waals surface area contributed by atoms with E-state index < -0.39 is 0 Å². The summed E-state index contributed by atoms with van der Waals surface area (Å²) >= 11 is 0. The van der Waals surface area contributed by atoms with Gasteiger partial charge in [0.2, 0.25) is 0 Å². The van der Waals surface area contributed by atoms with Crippen molar-refractivity contribution in [1.82, 2.24) is 24.9 Å². The average molecular weight is 425 g/mol. The van der Waals surface area contributed by atoms with E-state index in [0.717, 1.165) is 50.8 Å². The van der Waals surface area contributed by atoms with Gasteiger partial charge in [0.1, 0.15) is 5.75 Å². The van der Waals surface area contributed by atoms with Gasteiger partial charge in [0.15, 0.2) is 11.3 Å². The number of rotatable bonds is 7. The summed E-state index contributed by atoms with van der Waals surface area (Å²) in [6.07, 6.45) is 4.23. The molecule has 0 radical (unpaired) electrons. The Hall–Kier alpha value is -3.20. The standard InChI is InChI=1S/C22H28N6O3/c1-31-20(30)8-4-5-11-27-12-9-15(10-13-27)28-18-14-17(16-6-2-3-7-19(16)29)24-25-21(18)22(23)26-28/h2-3,6-7,14-15,29H,4-5,8-13H2,1H3,(H2,23,26). The molecule has 4 rings (SSSR count). The van der Waals surface area contributed by atoms with Gasteiger partial charge in [-0.15, -0.1) is 10.2 Å². The maximum absolute atomic E-state index is 11.2. The fourth-order valence-electron chi connectivity index (χ4n) is 4.15. The van der Waals surface area contributed by atoms with E-state index in [1.807, 2.05) is 22.9 Å². The van der Waals surface area contributed by atoms with Gasteiger partial charge in [0.25, 0.3) is 0 Å². The SMILES string of the molecule is COC(=O)CCCCN1CCC(n2nc(N)c3nnc(-c4ccccc4O)cc32)CC1. The number of ether oxygens (including phenoxy) is 1. The van der Waals surface area contributed by atoms with Crippen LogP contribution in [0.3, 0.4) is 0 Å². The number of likely N-dealkylation sites (tertiary alicyclic amines) is 1. The van der Waals surface area contributed by atoms with E-state index in [1.165, 1.54) is 7.11 Å². The number of nitrogens with two attached hydrogens (primary N) is 1. The molecule has 2 aromatic heterocycles. The first-order valence-corrected chi connectivity index (χ1v) is 10.7. The molecule has 9 heteroatoms. The highest BCUT2D eigenvalue weighted by atomic mass is 16.5. The molecule has 0 saturated carbocycles. The Labute approximate surface area is 180 Å². The van der Waals surface area contributed by atoms with Gasteiger partial charge in [-0.3, -0.25) is 9.48 Å². The number of aromatic hydroxyl groups is 1. The van der Waals surface area contributed by atoms with Gasteiger partial charge in [-0.2, -0.15) is 5.10 Å². The number of hydrogen-bond acceptors (Lipinski definition) is 8. The van der Waals surface area contributed by atoms with Crippen molar-refractivity contribution in [3.05, 3.63) is 30.3 Å². The monoisotopic (exact) mass is 424 g/mol. The Bertz CT molecular complexity index is 1060. The van der Waals surface area contributed by atoms with E-state index in [9.17, 15) is 9.90 Å². The summed E-state index contributed by atoms with van der Waals surface area (Å²) in [5, 5.41) is 23.3. The van der Waals surface area contributed by atoms with E-state index in [2.05, 4.69) is 24.9 Å². The zero-order chi connectivity index (χ0) is 21.8. The first kappa shape index (κ1) is 21.0. The third kappa shape index (κ3) is 4.61. The summed E-state index contributed by atoms with van der Waals surface area (Å²) in [4.78, 5) is 13.7. The van der Waals surface area contributed by atoms with Gasteiger partial charge in [0.05, 0.1) is 24.4 Å². The van der Waals surface area contributed by atoms with Crippen molar-refractivity contribution in [1.29, 1.82) is 0 Å². The van der Waals surface area contributed by atoms with Crippen LogP contribution in [-0.2, 0) is 9.53 Å². The minimum absolute atomic E-state index is 0.145. The van der Waals surface area contributed by atoms with Crippen molar-refractivity contribution < 1.29 is 14.6 Å². The van der Waals surface area contributed by atoms with Crippen molar-refractivity contribution in [2.24, 2.45) is 0 Å². The molecule has 9 nitrogen and oxygen atoms in total. The molecule has 0 amide bonds. The molecule has 3 N–H and O–H groups in total. The van der Waals surface area contributed by atoms with Crippen LogP contribution in [0.15, 0.2) is 30.3 Å². The highest BCUT2D eigenvalue weighted by molar-refractivity contribution is 5.87. The number of carbonyl (C=O) groups is 1. The summed E-state index contributed by atoms with van der Waals surface area (Å²) in [6.45, 7) is 2.92. The number of benzene rings is 1. The molecule has 1 fully saturated rings. The van der Waals surface area contributed by atoms with Gasteiger partial charge in [-0.05, 0) is 50.4 Å². The number of nitrogens with zero attached hydrogens (tertiary/aromatic N) is 5. The number of methoxy groups -OCH3 is 1. The number of phenols is 1. The summed E-state index contributed by atoms with van der Waals surface area (Å²) in [5.74, 6) is 0.389. The van der Waals surface area contributed by atoms with Crippen molar-refractivity contribution in [2.45, 2.75) is 38.1 Å². The highest BCUT2D eigenvalue weighted by Gasteiger charge is 2.24. The number of hydrogen-bond donors (Lipinski definition) is 2. The molecule has 1 aliphatic heterocycles. The highest BCUT2D eigenvalue weighted by Crippen LogP contribution is 2.32. The number of nitrogen functional groups attached to an aromatic ring is 1. The summed E-state index contributed by atoms with van der Waals surface area (Å²) in [5.41, 5.74) is 8.76. The molecule has 0 bridgehead atoms. The van der Waals surface area contributed by atoms with E-state index >= 15 is 0 Å². The molecule has 164 valence electrons. The number of unbranched alkanes of at least 4 members (excludes halogenated alkanes) is 1. The fraction of sp³-hybridized carbons (Fsp3) is 0.455. The quantitative estimate of drug-likeness (QED) is 0.439. The van der Waals surface area contributed by atoms with Crippen molar-refractivity contribution in [3.63, 3.8) is 0 Å². The Morgan fingerprint density at radius 3 is 2.74 bits per heavy atom. The molecule has 0 atom stereocenters. The zero-order valence-electron chi connectivity index (χ0n) is 17.7. The van der Waals surface area contributed by atoms with Crippen LogP contribution >= 0.6 is 0 Å². The molecule has 3 heterocycles. The Morgan fingerprint density at radius 1 is 1.23 bits per heavy atom. The minimum Gasteiger partial charge on any atom is -0.507 e. The summed E-state index contributed by atoms with van der Waals surface area (Å²) < 4.78 is 6.66. The van der Waals surface area contributed by atoms with E-state index in [1.54, 1.807) is 12.1 Å². The molecular weight excluding hydrogens is 396 g/mol. The molecular formula is C22H28N6O3. The van der Waals surface area contributed by atoms with Crippen LogP contribution in [-0.4, -0.2) is 62.7 Å². The van der Waals surface area contributed by atoms with Crippen molar-refractivity contribution in [3.8, 4) is 17.0 Å². The molecule has 1 aromatic carbocycles. The smallest absolute Gasteiger partial charge is 0.305 e. The zero-order valence-corrected chi connectivity index (χ0v) is 17.7. The number of phenolic OH excluding ortho intramolecular Hbond substituents is 1. The number of aromatic nitrogens is 4. The number of para-hydroxylation sites is 1. The Morgan fingerprint density at radius 2 is 2.00 bits per heavy atom. The maximum Gasteiger partial charge on any atom is 0.305 e. The van der Waals surface area contributed by atoms with Crippen LogP contribution in [0, 0.1) is 0 Å². The first-order chi connectivity index (χ1) is 15.1. The van der Waals surface area contributed by atoms with Gasteiger partial charge in [0, 0.05) is 25.1 Å². The predicted molar refractivity (Wildman–Crippen MR) is 117 cm³/mol. The largest absolute Gasteiger partial charge is 0.507 e. The normalized spacial score (nSPS) is 15.4. The third-order valence-corrected chi connectivity index (χ3v) is 5.89. The van der Waals surface area contributed by atoms with Crippen LogP contribution in [0.1, 0.15) is 38.1 Å². The van der Waals surface area contributed by atoms with Crippen LogP contribution in [0.25, 0.3) is 22.3 Å². The van der Waals surface area contributed by atoms with Gasteiger partial charge in [-0.25, -0.2) is 0 Å². The van der Waals surface area contributed by atoms with E-state index in [0.29, 0.717) is 29.0 Å². The van der Waals surface area contributed by atoms with Crippen molar-refractivity contribution >= 4 is 22.8 Å². The second-order valence-corrected chi connectivity index (χ2v) is 7.92. The van der Waals surface area contributed by atoms with Crippen LogP contribution in [0.2, 0.25) is 0 Å². The summed E-state index contributed by atoms with van der Waals surface area (Å²) in [7, 11) is 1.43. The van der Waals surface area contributed by atoms with Gasteiger partial charge < -0.3 is 20.5 Å². The predicted octanol–water partition coefficient (Wildman–Crippen LogP) is 2.76. The van der Waals surface area contributed by atoms with Crippen LogP contribution < -0.4 is 5.73 Å². The molecule has 0 aliphatic carbocycles. The van der Waals surface area contributed by atoms with E-state index in [4.69, 9.17) is 5.73 Å². The second kappa shape index (κ2) is 9.30. The molecule has 0 unspecified atom stereocenters. The minimum atomic E-state index is -0.145. The lowest BCUT2D eigenvalue weighted by molar-refractivity contribution is -0.140. The lowest BCUT2D eigenvalue weighted by Gasteiger charge is -2.32. The molecule has 3 aromatic rings. The van der Waals surface area contributed by atoms with Gasteiger partial charge >= 0.3 is 5.97 Å². The number of fused-ring (bicyclic) bond motifs is 1. The molecule has 0 spiro atoms. The first-order valence-electron chi connectivity index (χ1n) is 10.7. The lowest BCUT2D eigenvalue weighted by Crippen LogP contribution is -2.35. The maximum atomic E-state index is 11.2. The number of anilines is 1. The van der Waals surface area contributed by atoms with Gasteiger partial charge in [-0.1, -0.05) is 12.1 Å². The Kier molecular flexibility index (Phi) is 6.31. The molecule has 1 saturated heterocycles. The fourth-order valence-corrected chi connectivity index (χ4v) is 4.15. The number of carbonyl (C=O) groups excluding carboxylic acids is 1. The Balaban J connectivity index is 1.45. The lowest BCUT2D eigenvalue weighted by atomic mass is 10.0. The molecule has 31 heavy (non-hydrogen) atoms. The van der Waals surface area contributed by atoms with E-state index in [-0.39, 0.29) is 17.8 Å². The van der Waals surface area contributed by atoms with Crippen LogP contribution in [0.5, 0.6) is 5.75 Å². The van der Waals surface area contributed by atoms with Crippen LogP contribution in [0.4, 0.5) is 5.82 Å². The third-order valence-electron chi connectivity index (χ3n) is 5.89.